The molecule has 0 unspecified atom stereocenters. The van der Waals surface area contributed by atoms with Gasteiger partial charge in [0.1, 0.15) is 11.4 Å². The highest BCUT2D eigenvalue weighted by Gasteiger charge is 2.13. The third-order valence-electron chi connectivity index (χ3n) is 4.16. The van der Waals surface area contributed by atoms with Crippen LogP contribution in [-0.4, -0.2) is 27.8 Å². The first-order valence-corrected chi connectivity index (χ1v) is 8.79. The Bertz CT molecular complexity index is 886. The van der Waals surface area contributed by atoms with E-state index in [1.54, 1.807) is 4.68 Å². The van der Waals surface area contributed by atoms with E-state index in [4.69, 9.17) is 9.94 Å². The second kappa shape index (κ2) is 8.34. The van der Waals surface area contributed by atoms with Crippen LogP contribution >= 0.6 is 0 Å². The van der Waals surface area contributed by atoms with Crippen molar-refractivity contribution >= 4 is 6.21 Å². The minimum absolute atomic E-state index is 0.724. The molecule has 0 saturated carbocycles. The largest absolute Gasteiger partial charge is 0.493 e. The average Bonchev–Trinajstić information content (AvgIpc) is 3.08. The molecule has 134 valence electrons. The van der Waals surface area contributed by atoms with Crippen LogP contribution in [0.1, 0.15) is 30.9 Å². The molecule has 0 atom stereocenters. The number of aryl methyl sites for hydroxylation is 1. The summed E-state index contributed by atoms with van der Waals surface area (Å²) in [6, 6.07) is 15.9. The van der Waals surface area contributed by atoms with Gasteiger partial charge in [-0.15, -0.1) is 0 Å². The first-order valence-electron chi connectivity index (χ1n) is 8.79. The van der Waals surface area contributed by atoms with Gasteiger partial charge >= 0.3 is 0 Å². The number of para-hydroxylation sites is 1. The number of aromatic nitrogens is 2. The summed E-state index contributed by atoms with van der Waals surface area (Å²) in [6.07, 6.45) is 5.41. The Hall–Kier alpha value is -3.08. The molecule has 0 fully saturated rings. The Kier molecular flexibility index (Phi) is 5.69. The molecule has 3 aromatic rings. The minimum atomic E-state index is 0.724. The van der Waals surface area contributed by atoms with Crippen molar-refractivity contribution in [3.8, 4) is 22.7 Å². The van der Waals surface area contributed by atoms with E-state index < -0.39 is 0 Å². The quantitative estimate of drug-likeness (QED) is 0.287. The van der Waals surface area contributed by atoms with Gasteiger partial charge in [-0.25, -0.2) is 4.68 Å². The molecule has 1 aromatic heterocycles. The lowest BCUT2D eigenvalue weighted by atomic mass is 10.1. The monoisotopic (exact) mass is 349 g/mol. The van der Waals surface area contributed by atoms with Crippen LogP contribution in [0.5, 0.6) is 5.75 Å². The van der Waals surface area contributed by atoms with Gasteiger partial charge in [-0.3, -0.25) is 0 Å². The summed E-state index contributed by atoms with van der Waals surface area (Å²) in [6.45, 7) is 4.90. The fourth-order valence-corrected chi connectivity index (χ4v) is 2.77. The van der Waals surface area contributed by atoms with Crippen LogP contribution in [-0.2, 0) is 0 Å². The van der Waals surface area contributed by atoms with Gasteiger partial charge in [0.15, 0.2) is 0 Å². The van der Waals surface area contributed by atoms with Crippen molar-refractivity contribution in [1.29, 1.82) is 0 Å². The number of hydrogen-bond acceptors (Lipinski definition) is 4. The Morgan fingerprint density at radius 3 is 2.69 bits per heavy atom. The second-order valence-corrected chi connectivity index (χ2v) is 6.14. The molecule has 0 spiro atoms. The Morgan fingerprint density at radius 1 is 1.19 bits per heavy atom. The van der Waals surface area contributed by atoms with E-state index in [9.17, 15) is 0 Å². The van der Waals surface area contributed by atoms with Crippen LogP contribution in [0, 0.1) is 6.92 Å². The highest BCUT2D eigenvalue weighted by Crippen LogP contribution is 2.28. The van der Waals surface area contributed by atoms with Crippen molar-refractivity contribution in [3.05, 3.63) is 65.9 Å². The predicted molar refractivity (Wildman–Crippen MR) is 104 cm³/mol. The number of rotatable bonds is 7. The molecule has 0 aliphatic carbocycles. The van der Waals surface area contributed by atoms with E-state index in [-0.39, 0.29) is 0 Å². The molecule has 0 saturated heterocycles. The summed E-state index contributed by atoms with van der Waals surface area (Å²) in [5.41, 5.74) is 4.46. The highest BCUT2D eigenvalue weighted by atomic mass is 16.5. The zero-order valence-corrected chi connectivity index (χ0v) is 15.1. The molecule has 5 nitrogen and oxygen atoms in total. The van der Waals surface area contributed by atoms with Crippen LogP contribution < -0.4 is 4.74 Å². The summed E-state index contributed by atoms with van der Waals surface area (Å²) in [5, 5.41) is 16.9. The maximum atomic E-state index is 9.00. The maximum absolute atomic E-state index is 9.00. The fraction of sp³-hybridized carbons (Fsp3) is 0.238. The summed E-state index contributed by atoms with van der Waals surface area (Å²) in [7, 11) is 0. The zero-order valence-electron chi connectivity index (χ0n) is 15.1. The summed E-state index contributed by atoms with van der Waals surface area (Å²) in [4.78, 5) is 0. The minimum Gasteiger partial charge on any atom is -0.493 e. The van der Waals surface area contributed by atoms with Gasteiger partial charge in [0, 0.05) is 17.3 Å². The fourth-order valence-electron chi connectivity index (χ4n) is 2.77. The summed E-state index contributed by atoms with van der Waals surface area (Å²) in [5.74, 6) is 0.891. The van der Waals surface area contributed by atoms with Crippen LogP contribution in [0.3, 0.4) is 0 Å². The molecule has 0 aliphatic rings. The number of nitrogens with zero attached hydrogens (tertiary/aromatic N) is 3. The lowest BCUT2D eigenvalue weighted by Crippen LogP contribution is -1.98. The molecule has 0 bridgehead atoms. The van der Waals surface area contributed by atoms with Gasteiger partial charge < -0.3 is 9.94 Å². The summed E-state index contributed by atoms with van der Waals surface area (Å²) >= 11 is 0. The number of oxime groups is 1. The van der Waals surface area contributed by atoms with Crippen LogP contribution in [0.2, 0.25) is 0 Å². The number of hydrogen-bond donors (Lipinski definition) is 1. The van der Waals surface area contributed by atoms with Crippen molar-refractivity contribution in [2.24, 2.45) is 5.16 Å². The lowest BCUT2D eigenvalue weighted by Gasteiger charge is -2.10. The Balaban J connectivity index is 1.95. The van der Waals surface area contributed by atoms with Gasteiger partial charge in [-0.05, 0) is 49.2 Å². The zero-order chi connectivity index (χ0) is 18.4. The maximum Gasteiger partial charge on any atom is 0.122 e. The Labute approximate surface area is 153 Å². The van der Waals surface area contributed by atoms with E-state index in [1.165, 1.54) is 6.21 Å². The van der Waals surface area contributed by atoms with Crippen LogP contribution in [0.4, 0.5) is 0 Å². The topological polar surface area (TPSA) is 59.6 Å². The number of ether oxygens (including phenoxy) is 1. The molecule has 0 aliphatic heterocycles. The molecular formula is C21H23N3O2. The van der Waals surface area contributed by atoms with Crippen LogP contribution in [0.25, 0.3) is 16.9 Å². The standard InChI is InChI=1S/C21H23N3O2/c1-3-4-12-26-20-11-10-17(13-16(20)2)21-18(14-22-25)15-24(23-21)19-8-6-5-7-9-19/h5-11,13-15,25H,3-4,12H2,1-2H3. The van der Waals surface area contributed by atoms with Crippen LogP contribution in [0.15, 0.2) is 59.9 Å². The second-order valence-electron chi connectivity index (χ2n) is 6.14. The number of unbranched alkanes of at least 4 members (excludes halogenated alkanes) is 1. The van der Waals surface area contributed by atoms with Crippen molar-refractivity contribution < 1.29 is 9.94 Å². The van der Waals surface area contributed by atoms with E-state index in [0.717, 1.165) is 53.3 Å². The van der Waals surface area contributed by atoms with Crippen molar-refractivity contribution in [3.63, 3.8) is 0 Å². The molecule has 1 heterocycles. The molecule has 0 radical (unpaired) electrons. The molecule has 2 aromatic carbocycles. The van der Waals surface area contributed by atoms with E-state index in [0.29, 0.717) is 0 Å². The van der Waals surface area contributed by atoms with Gasteiger partial charge in [0.05, 0.1) is 18.5 Å². The van der Waals surface area contributed by atoms with Gasteiger partial charge in [-0.2, -0.15) is 5.10 Å². The van der Waals surface area contributed by atoms with Gasteiger partial charge in [0.25, 0.3) is 0 Å². The molecule has 1 N–H and O–H groups in total. The van der Waals surface area contributed by atoms with Gasteiger partial charge in [0.2, 0.25) is 0 Å². The highest BCUT2D eigenvalue weighted by molar-refractivity contribution is 5.88. The third kappa shape index (κ3) is 3.94. The van der Waals surface area contributed by atoms with Crippen molar-refractivity contribution in [2.75, 3.05) is 6.61 Å². The van der Waals surface area contributed by atoms with Crippen molar-refractivity contribution in [1.82, 2.24) is 9.78 Å². The Morgan fingerprint density at radius 2 is 2.00 bits per heavy atom. The molecule has 26 heavy (non-hydrogen) atoms. The molecular weight excluding hydrogens is 326 g/mol. The van der Waals surface area contributed by atoms with Gasteiger partial charge in [-0.1, -0.05) is 36.7 Å². The van der Waals surface area contributed by atoms with E-state index in [1.807, 2.05) is 61.7 Å². The first-order chi connectivity index (χ1) is 12.7. The van der Waals surface area contributed by atoms with E-state index in [2.05, 4.69) is 17.2 Å². The normalized spacial score (nSPS) is 11.2. The lowest BCUT2D eigenvalue weighted by molar-refractivity contribution is 0.307. The molecule has 3 rings (SSSR count). The molecule has 5 heteroatoms. The average molecular weight is 349 g/mol. The third-order valence-corrected chi connectivity index (χ3v) is 4.16. The predicted octanol–water partition coefficient (Wildman–Crippen LogP) is 4.83. The molecule has 0 amide bonds. The smallest absolute Gasteiger partial charge is 0.122 e. The first kappa shape index (κ1) is 17.7. The summed E-state index contributed by atoms with van der Waals surface area (Å²) < 4.78 is 7.61. The van der Waals surface area contributed by atoms with E-state index >= 15 is 0 Å². The van der Waals surface area contributed by atoms with Crippen molar-refractivity contribution in [2.45, 2.75) is 26.7 Å². The number of benzene rings is 2. The SMILES string of the molecule is CCCCOc1ccc(-c2nn(-c3ccccc3)cc2C=NO)cc1C.